The average molecular weight is 440 g/mol. The van der Waals surface area contributed by atoms with Gasteiger partial charge in [-0.25, -0.2) is 5.43 Å². The van der Waals surface area contributed by atoms with Crippen LogP contribution < -0.4 is 10.7 Å². The topological polar surface area (TPSA) is 109 Å². The fraction of sp³-hybridized carbons (Fsp3) is 0.478. The van der Waals surface area contributed by atoms with Crippen LogP contribution in [0.15, 0.2) is 33.9 Å². The molecule has 170 valence electrons. The van der Waals surface area contributed by atoms with Crippen LogP contribution >= 0.6 is 0 Å². The van der Waals surface area contributed by atoms with Gasteiger partial charge in [0.15, 0.2) is 5.76 Å². The Balaban J connectivity index is 1.38. The standard InChI is InChI=1S/C23H29N5O4/c1-16-20-17(26-27-22(29)18-6-2-3-9-24-18)7-4-8-19(20)32-21(16)23(30)25-10-5-11-28-12-14-31-15-13-28/h2-3,6,9H,4-5,7-8,10-15H2,1H3,(H,25,30)(H,27,29)/b26-17+. The van der Waals surface area contributed by atoms with Gasteiger partial charge in [0.1, 0.15) is 11.5 Å². The largest absolute Gasteiger partial charge is 0.455 e. The highest BCUT2D eigenvalue weighted by molar-refractivity contribution is 6.07. The van der Waals surface area contributed by atoms with Crippen molar-refractivity contribution in [3.05, 3.63) is 52.7 Å². The van der Waals surface area contributed by atoms with E-state index in [0.717, 1.165) is 74.7 Å². The summed E-state index contributed by atoms with van der Waals surface area (Å²) in [5, 5.41) is 7.30. The molecule has 2 aromatic rings. The zero-order chi connectivity index (χ0) is 22.3. The number of furan rings is 1. The molecule has 2 aromatic heterocycles. The lowest BCUT2D eigenvalue weighted by atomic mass is 9.93. The maximum Gasteiger partial charge on any atom is 0.289 e. The first-order chi connectivity index (χ1) is 15.6. The van der Waals surface area contributed by atoms with Crippen LogP contribution in [0.4, 0.5) is 0 Å². The number of hydrogen-bond acceptors (Lipinski definition) is 7. The molecular formula is C23H29N5O4. The van der Waals surface area contributed by atoms with Gasteiger partial charge in [-0.3, -0.25) is 19.5 Å². The molecule has 9 heteroatoms. The van der Waals surface area contributed by atoms with Gasteiger partial charge in [-0.2, -0.15) is 5.10 Å². The first kappa shape index (κ1) is 22.2. The van der Waals surface area contributed by atoms with Crippen molar-refractivity contribution >= 4 is 17.5 Å². The van der Waals surface area contributed by atoms with Crippen molar-refractivity contribution in [1.82, 2.24) is 20.6 Å². The molecule has 32 heavy (non-hydrogen) atoms. The summed E-state index contributed by atoms with van der Waals surface area (Å²) in [5.74, 6) is 0.491. The van der Waals surface area contributed by atoms with E-state index in [9.17, 15) is 9.59 Å². The summed E-state index contributed by atoms with van der Waals surface area (Å²) < 4.78 is 11.3. The number of amides is 2. The minimum Gasteiger partial charge on any atom is -0.455 e. The van der Waals surface area contributed by atoms with Gasteiger partial charge in [-0.05, 0) is 44.9 Å². The van der Waals surface area contributed by atoms with Gasteiger partial charge in [0.2, 0.25) is 0 Å². The van der Waals surface area contributed by atoms with Gasteiger partial charge in [0, 0.05) is 43.4 Å². The molecule has 2 N–H and O–H groups in total. The number of hydrogen-bond donors (Lipinski definition) is 2. The fourth-order valence-corrected chi connectivity index (χ4v) is 4.08. The summed E-state index contributed by atoms with van der Waals surface area (Å²) in [6.45, 7) is 6.82. The molecule has 9 nitrogen and oxygen atoms in total. The minimum atomic E-state index is -0.371. The van der Waals surface area contributed by atoms with Crippen LogP contribution in [0.1, 0.15) is 57.2 Å². The number of carbonyl (C=O) groups excluding carboxylic acids is 2. The van der Waals surface area contributed by atoms with Gasteiger partial charge in [0.05, 0.1) is 18.9 Å². The molecule has 0 saturated carbocycles. The van der Waals surface area contributed by atoms with E-state index >= 15 is 0 Å². The van der Waals surface area contributed by atoms with E-state index in [-0.39, 0.29) is 11.8 Å². The van der Waals surface area contributed by atoms with Gasteiger partial charge >= 0.3 is 0 Å². The number of nitrogens with one attached hydrogen (secondary N) is 2. The highest BCUT2D eigenvalue weighted by atomic mass is 16.5. The lowest BCUT2D eigenvalue weighted by molar-refractivity contribution is 0.0374. The van der Waals surface area contributed by atoms with Crippen LogP contribution in [-0.2, 0) is 11.2 Å². The van der Waals surface area contributed by atoms with Crippen molar-refractivity contribution in [2.45, 2.75) is 32.6 Å². The monoisotopic (exact) mass is 439 g/mol. The molecule has 3 heterocycles. The van der Waals surface area contributed by atoms with E-state index in [1.807, 2.05) is 6.92 Å². The molecule has 1 aliphatic heterocycles. The van der Waals surface area contributed by atoms with Crippen LogP contribution in [0.25, 0.3) is 0 Å². The lowest BCUT2D eigenvalue weighted by Gasteiger charge is -2.26. The molecule has 0 unspecified atom stereocenters. The fourth-order valence-electron chi connectivity index (χ4n) is 4.08. The number of ether oxygens (including phenoxy) is 1. The molecule has 0 atom stereocenters. The van der Waals surface area contributed by atoms with Crippen molar-refractivity contribution in [3.8, 4) is 0 Å². The number of morpholine rings is 1. The third-order valence-corrected chi connectivity index (χ3v) is 5.76. The van der Waals surface area contributed by atoms with Crippen LogP contribution in [-0.4, -0.2) is 66.8 Å². The number of aryl methyl sites for hydroxylation is 1. The third-order valence-electron chi connectivity index (χ3n) is 5.76. The predicted molar refractivity (Wildman–Crippen MR) is 119 cm³/mol. The minimum absolute atomic E-state index is 0.212. The Bertz CT molecular complexity index is 980. The first-order valence-corrected chi connectivity index (χ1v) is 11.1. The Hall–Kier alpha value is -3.04. The van der Waals surface area contributed by atoms with Gasteiger partial charge in [-0.1, -0.05) is 6.07 Å². The van der Waals surface area contributed by atoms with E-state index in [1.54, 1.807) is 24.4 Å². The summed E-state index contributed by atoms with van der Waals surface area (Å²) in [5.41, 5.74) is 5.19. The maximum atomic E-state index is 12.7. The second-order valence-electron chi connectivity index (χ2n) is 7.99. The van der Waals surface area contributed by atoms with Crippen LogP contribution in [0.3, 0.4) is 0 Å². The Morgan fingerprint density at radius 1 is 1.19 bits per heavy atom. The van der Waals surface area contributed by atoms with Gasteiger partial charge in [-0.15, -0.1) is 0 Å². The summed E-state index contributed by atoms with van der Waals surface area (Å²) >= 11 is 0. The van der Waals surface area contributed by atoms with Gasteiger partial charge < -0.3 is 14.5 Å². The first-order valence-electron chi connectivity index (χ1n) is 11.1. The predicted octanol–water partition coefficient (Wildman–Crippen LogP) is 1.91. The van der Waals surface area contributed by atoms with Crippen molar-refractivity contribution in [2.75, 3.05) is 39.4 Å². The van der Waals surface area contributed by atoms with E-state index in [4.69, 9.17) is 9.15 Å². The zero-order valence-electron chi connectivity index (χ0n) is 18.4. The molecular weight excluding hydrogens is 410 g/mol. The van der Waals surface area contributed by atoms with E-state index in [1.165, 1.54) is 0 Å². The third kappa shape index (κ3) is 5.23. The molecule has 2 aliphatic rings. The molecule has 0 spiro atoms. The van der Waals surface area contributed by atoms with Crippen LogP contribution in [0, 0.1) is 6.92 Å². The molecule has 4 rings (SSSR count). The quantitative estimate of drug-likeness (QED) is 0.504. The molecule has 2 amide bonds. The van der Waals surface area contributed by atoms with Crippen molar-refractivity contribution in [3.63, 3.8) is 0 Å². The molecule has 1 saturated heterocycles. The van der Waals surface area contributed by atoms with Crippen molar-refractivity contribution < 1.29 is 18.7 Å². The summed E-state index contributed by atoms with van der Waals surface area (Å²) in [4.78, 5) is 31.4. The normalized spacial score (nSPS) is 17.7. The van der Waals surface area contributed by atoms with Crippen molar-refractivity contribution in [1.29, 1.82) is 0 Å². The number of fused-ring (bicyclic) bond motifs is 1. The second kappa shape index (κ2) is 10.5. The Morgan fingerprint density at radius 3 is 2.81 bits per heavy atom. The summed E-state index contributed by atoms with van der Waals surface area (Å²) in [6.07, 6.45) is 4.73. The highest BCUT2D eigenvalue weighted by Crippen LogP contribution is 2.29. The smallest absolute Gasteiger partial charge is 0.289 e. The average Bonchev–Trinajstić information content (AvgIpc) is 3.18. The number of aromatic nitrogens is 1. The Morgan fingerprint density at radius 2 is 2.03 bits per heavy atom. The van der Waals surface area contributed by atoms with Crippen LogP contribution in [0.5, 0.6) is 0 Å². The number of pyridine rings is 1. The van der Waals surface area contributed by atoms with Crippen LogP contribution in [0.2, 0.25) is 0 Å². The highest BCUT2D eigenvalue weighted by Gasteiger charge is 2.28. The lowest BCUT2D eigenvalue weighted by Crippen LogP contribution is -2.38. The van der Waals surface area contributed by atoms with E-state index in [0.29, 0.717) is 24.4 Å². The summed E-state index contributed by atoms with van der Waals surface area (Å²) in [6, 6.07) is 5.13. The Kier molecular flexibility index (Phi) is 7.28. The molecule has 0 aromatic carbocycles. The maximum absolute atomic E-state index is 12.7. The van der Waals surface area contributed by atoms with E-state index < -0.39 is 0 Å². The molecule has 0 radical (unpaired) electrons. The molecule has 0 bridgehead atoms. The second-order valence-corrected chi connectivity index (χ2v) is 7.99. The number of nitrogens with zero attached hydrogens (tertiary/aromatic N) is 3. The Labute approximate surface area is 187 Å². The summed E-state index contributed by atoms with van der Waals surface area (Å²) in [7, 11) is 0. The zero-order valence-corrected chi connectivity index (χ0v) is 18.4. The molecule has 1 fully saturated rings. The number of rotatable bonds is 7. The van der Waals surface area contributed by atoms with Gasteiger partial charge in [0.25, 0.3) is 11.8 Å². The number of carbonyl (C=O) groups is 2. The van der Waals surface area contributed by atoms with E-state index in [2.05, 4.69) is 25.7 Å². The SMILES string of the molecule is Cc1c(C(=O)NCCCN2CCOCC2)oc2c1/C(=N/NC(=O)c1ccccn1)CCC2. The molecule has 1 aliphatic carbocycles. The van der Waals surface area contributed by atoms with Crippen molar-refractivity contribution in [2.24, 2.45) is 5.10 Å². The number of hydrazone groups is 1.